The first-order valence-electron chi connectivity index (χ1n) is 10.3. The Kier molecular flexibility index (Phi) is 9.93. The van der Waals surface area contributed by atoms with Crippen LogP contribution in [0.5, 0.6) is 0 Å². The van der Waals surface area contributed by atoms with Crippen molar-refractivity contribution in [1.82, 2.24) is 24.7 Å². The Labute approximate surface area is 192 Å². The largest absolute Gasteiger partial charge is 0.356 e. The molecule has 0 radical (unpaired) electrons. The molecule has 3 rings (SSSR count). The van der Waals surface area contributed by atoms with Crippen molar-refractivity contribution in [3.8, 4) is 0 Å². The van der Waals surface area contributed by atoms with Crippen molar-refractivity contribution in [2.75, 3.05) is 40.3 Å². The van der Waals surface area contributed by atoms with E-state index in [4.69, 9.17) is 0 Å². The summed E-state index contributed by atoms with van der Waals surface area (Å²) < 4.78 is 2.24. The van der Waals surface area contributed by atoms with Gasteiger partial charge in [0.05, 0.1) is 12.4 Å². The van der Waals surface area contributed by atoms with Gasteiger partial charge in [-0.15, -0.1) is 24.0 Å². The number of piperidine rings is 1. The number of guanidine groups is 1. The zero-order chi connectivity index (χ0) is 19.8. The van der Waals surface area contributed by atoms with Gasteiger partial charge in [-0.1, -0.05) is 37.3 Å². The van der Waals surface area contributed by atoms with Crippen LogP contribution in [0.2, 0.25) is 0 Å². The number of aromatic nitrogens is 2. The summed E-state index contributed by atoms with van der Waals surface area (Å²) in [7, 11) is 4.07. The third-order valence-corrected chi connectivity index (χ3v) is 5.63. The molecule has 1 saturated heterocycles. The van der Waals surface area contributed by atoms with Gasteiger partial charge in [0, 0.05) is 45.6 Å². The van der Waals surface area contributed by atoms with Gasteiger partial charge in [0.2, 0.25) is 0 Å². The van der Waals surface area contributed by atoms with Gasteiger partial charge >= 0.3 is 0 Å². The first-order chi connectivity index (χ1) is 13.7. The zero-order valence-corrected chi connectivity index (χ0v) is 20.2. The number of nitrogens with zero attached hydrogens (tertiary/aromatic N) is 5. The van der Waals surface area contributed by atoms with Crippen molar-refractivity contribution in [3.05, 3.63) is 54.6 Å². The van der Waals surface area contributed by atoms with Crippen LogP contribution < -0.4 is 5.32 Å². The second-order valence-electron chi connectivity index (χ2n) is 7.84. The van der Waals surface area contributed by atoms with Crippen LogP contribution in [0.25, 0.3) is 0 Å². The molecule has 0 amide bonds. The normalized spacial score (nSPS) is 19.9. The number of hydrogen-bond acceptors (Lipinski definition) is 3. The lowest BCUT2D eigenvalue weighted by Gasteiger charge is -2.39. The molecule has 160 valence electrons. The van der Waals surface area contributed by atoms with Gasteiger partial charge in [-0.3, -0.25) is 4.99 Å². The van der Waals surface area contributed by atoms with E-state index < -0.39 is 0 Å². The molecule has 2 unspecified atom stereocenters. The van der Waals surface area contributed by atoms with Crippen LogP contribution >= 0.6 is 24.0 Å². The van der Waals surface area contributed by atoms with Crippen molar-refractivity contribution >= 4 is 29.9 Å². The number of halogens is 1. The molecule has 1 fully saturated rings. The molecule has 0 bridgehead atoms. The maximum atomic E-state index is 4.53. The van der Waals surface area contributed by atoms with Crippen molar-refractivity contribution < 1.29 is 0 Å². The molecule has 29 heavy (non-hydrogen) atoms. The molecule has 2 atom stereocenters. The molecular weight excluding hydrogens is 475 g/mol. The van der Waals surface area contributed by atoms with Crippen LogP contribution in [0.3, 0.4) is 0 Å². The number of nitrogens with one attached hydrogen (secondary N) is 1. The minimum Gasteiger partial charge on any atom is -0.356 e. The topological polar surface area (TPSA) is 48.7 Å². The molecule has 2 heterocycles. The van der Waals surface area contributed by atoms with Gasteiger partial charge < -0.3 is 19.7 Å². The highest BCUT2D eigenvalue weighted by Gasteiger charge is 2.28. The number of benzene rings is 1. The minimum atomic E-state index is 0. The Morgan fingerprint density at radius 2 is 2.10 bits per heavy atom. The van der Waals surface area contributed by atoms with Crippen LogP contribution in [0.15, 0.2) is 54.0 Å². The van der Waals surface area contributed by atoms with E-state index in [-0.39, 0.29) is 24.0 Å². The fraction of sp³-hybridized carbons (Fsp3) is 0.545. The summed E-state index contributed by atoms with van der Waals surface area (Å²) in [5.41, 5.74) is 1.36. The molecule has 1 aliphatic rings. The standard InChI is InChI=1S/C22H34N6.HI/c1-19-10-14-27(17-21(19)28-15-12-24-18-28)22(23-2)25-11-7-13-26(3)16-20-8-5-4-6-9-20;/h4-6,8-9,12,15,18-19,21H,7,10-11,13-14,16-17H2,1-3H3,(H,23,25);1H. The second-order valence-corrected chi connectivity index (χ2v) is 7.84. The number of imidazole rings is 1. The molecule has 0 saturated carbocycles. The van der Waals surface area contributed by atoms with E-state index >= 15 is 0 Å². The van der Waals surface area contributed by atoms with Crippen molar-refractivity contribution in [1.29, 1.82) is 0 Å². The first-order valence-corrected chi connectivity index (χ1v) is 10.3. The average molecular weight is 510 g/mol. The zero-order valence-electron chi connectivity index (χ0n) is 17.9. The van der Waals surface area contributed by atoms with E-state index in [0.717, 1.165) is 45.1 Å². The Morgan fingerprint density at radius 1 is 1.31 bits per heavy atom. The highest BCUT2D eigenvalue weighted by molar-refractivity contribution is 14.0. The summed E-state index contributed by atoms with van der Waals surface area (Å²) in [6.07, 6.45) is 8.14. The summed E-state index contributed by atoms with van der Waals surface area (Å²) >= 11 is 0. The Bertz CT molecular complexity index is 718. The van der Waals surface area contributed by atoms with Gasteiger partial charge in [0.1, 0.15) is 0 Å². The summed E-state index contributed by atoms with van der Waals surface area (Å²) in [6, 6.07) is 11.1. The van der Waals surface area contributed by atoms with E-state index in [2.05, 4.69) is 80.2 Å². The van der Waals surface area contributed by atoms with Gasteiger partial charge in [-0.25, -0.2) is 4.98 Å². The predicted molar refractivity (Wildman–Crippen MR) is 131 cm³/mol. The molecule has 0 aliphatic carbocycles. The molecule has 1 aromatic carbocycles. The van der Waals surface area contributed by atoms with Crippen LogP contribution in [0, 0.1) is 5.92 Å². The predicted octanol–water partition coefficient (Wildman–Crippen LogP) is 3.48. The number of rotatable bonds is 7. The molecule has 1 aromatic heterocycles. The van der Waals surface area contributed by atoms with Gasteiger partial charge in [-0.2, -0.15) is 0 Å². The summed E-state index contributed by atoms with van der Waals surface area (Å²) in [6.45, 7) is 7.36. The van der Waals surface area contributed by atoms with E-state index in [0.29, 0.717) is 12.0 Å². The quantitative estimate of drug-likeness (QED) is 0.268. The summed E-state index contributed by atoms with van der Waals surface area (Å²) in [4.78, 5) is 13.5. The number of hydrogen-bond donors (Lipinski definition) is 1. The van der Waals surface area contributed by atoms with Gasteiger partial charge in [0.25, 0.3) is 0 Å². The van der Waals surface area contributed by atoms with Crippen LogP contribution in [-0.4, -0.2) is 65.6 Å². The molecule has 2 aromatic rings. The van der Waals surface area contributed by atoms with Crippen molar-refractivity contribution in [2.24, 2.45) is 10.9 Å². The Hall–Kier alpha value is -1.61. The van der Waals surface area contributed by atoms with Crippen LogP contribution in [0.4, 0.5) is 0 Å². The third kappa shape index (κ3) is 6.99. The molecular formula is C22H35IN6. The van der Waals surface area contributed by atoms with Crippen molar-refractivity contribution in [3.63, 3.8) is 0 Å². The molecule has 1 aliphatic heterocycles. The maximum Gasteiger partial charge on any atom is 0.193 e. The molecule has 1 N–H and O–H groups in total. The monoisotopic (exact) mass is 510 g/mol. The van der Waals surface area contributed by atoms with Gasteiger partial charge in [0.15, 0.2) is 5.96 Å². The number of likely N-dealkylation sites (tertiary alicyclic amines) is 1. The lowest BCUT2D eigenvalue weighted by molar-refractivity contribution is 0.189. The minimum absolute atomic E-state index is 0. The summed E-state index contributed by atoms with van der Waals surface area (Å²) in [5.74, 6) is 1.66. The second kappa shape index (κ2) is 12.2. The first kappa shape index (κ1) is 23.7. The van der Waals surface area contributed by atoms with E-state index in [1.165, 1.54) is 12.0 Å². The number of aliphatic imine (C=N–C) groups is 1. The van der Waals surface area contributed by atoms with Crippen LogP contribution in [-0.2, 0) is 6.54 Å². The van der Waals surface area contributed by atoms with Crippen LogP contribution in [0.1, 0.15) is 31.4 Å². The lowest BCUT2D eigenvalue weighted by Crippen LogP contribution is -2.49. The average Bonchev–Trinajstić information content (AvgIpc) is 3.24. The van der Waals surface area contributed by atoms with Crippen molar-refractivity contribution in [2.45, 2.75) is 32.4 Å². The highest BCUT2D eigenvalue weighted by atomic mass is 127. The van der Waals surface area contributed by atoms with E-state index in [9.17, 15) is 0 Å². The van der Waals surface area contributed by atoms with E-state index in [1.807, 2.05) is 19.6 Å². The highest BCUT2D eigenvalue weighted by Crippen LogP contribution is 2.27. The smallest absolute Gasteiger partial charge is 0.193 e. The summed E-state index contributed by atoms with van der Waals surface area (Å²) in [5, 5.41) is 3.56. The fourth-order valence-corrected chi connectivity index (χ4v) is 3.95. The fourth-order valence-electron chi connectivity index (χ4n) is 3.95. The molecule has 7 heteroatoms. The van der Waals surface area contributed by atoms with E-state index in [1.54, 1.807) is 0 Å². The third-order valence-electron chi connectivity index (χ3n) is 5.63. The Morgan fingerprint density at radius 3 is 2.79 bits per heavy atom. The maximum absolute atomic E-state index is 4.53. The molecule has 6 nitrogen and oxygen atoms in total. The molecule has 0 spiro atoms. The van der Waals surface area contributed by atoms with Gasteiger partial charge in [-0.05, 0) is 37.9 Å². The lowest BCUT2D eigenvalue weighted by atomic mass is 9.93. The Balaban J connectivity index is 0.00000300. The SMILES string of the molecule is CN=C(NCCCN(C)Cc1ccccc1)N1CCC(C)C(n2ccnc2)C1.I.